The van der Waals surface area contributed by atoms with E-state index in [-0.39, 0.29) is 5.97 Å². The normalized spacial score (nSPS) is 11.0. The van der Waals surface area contributed by atoms with E-state index in [1.165, 1.54) is 7.11 Å². The molecule has 0 aliphatic rings. The van der Waals surface area contributed by atoms with Gasteiger partial charge in [-0.25, -0.2) is 4.99 Å². The molecule has 2 N–H and O–H groups in total. The summed E-state index contributed by atoms with van der Waals surface area (Å²) in [5, 5.41) is 6.47. The number of esters is 1. The van der Waals surface area contributed by atoms with Crippen LogP contribution in [0.3, 0.4) is 0 Å². The van der Waals surface area contributed by atoms with Gasteiger partial charge in [0.1, 0.15) is 11.5 Å². The van der Waals surface area contributed by atoms with Gasteiger partial charge in [0.2, 0.25) is 0 Å². The molecule has 1 aromatic carbocycles. The number of hydrogen-bond acceptors (Lipinski definition) is 5. The molecule has 0 unspecified atom stereocenters. The number of carbonyl (C=O) groups is 1. The van der Waals surface area contributed by atoms with Gasteiger partial charge >= 0.3 is 5.97 Å². The van der Waals surface area contributed by atoms with E-state index in [1.807, 2.05) is 25.1 Å². The van der Waals surface area contributed by atoms with Gasteiger partial charge in [-0.05, 0) is 31.9 Å². The Kier molecular flexibility index (Phi) is 9.89. The molecule has 0 atom stereocenters. The van der Waals surface area contributed by atoms with E-state index in [9.17, 15) is 4.79 Å². The van der Waals surface area contributed by atoms with Crippen molar-refractivity contribution in [3.05, 3.63) is 23.8 Å². The number of nitrogens with one attached hydrogen (secondary N) is 2. The standard InChI is InChI=1S/C18H29N3O4/c1-5-19-18(20-11-7-6-8-17(22)25-4)21-13-14-9-10-15(23-2)12-16(14)24-3/h9-10,12H,5-8,11,13H2,1-4H3,(H2,19,20,21). The van der Waals surface area contributed by atoms with Crippen LogP contribution in [0.4, 0.5) is 0 Å². The quantitative estimate of drug-likeness (QED) is 0.291. The zero-order valence-electron chi connectivity index (χ0n) is 15.6. The summed E-state index contributed by atoms with van der Waals surface area (Å²) < 4.78 is 15.2. The summed E-state index contributed by atoms with van der Waals surface area (Å²) in [6, 6.07) is 5.68. The number of unbranched alkanes of at least 4 members (excludes halogenated alkanes) is 1. The molecular formula is C18H29N3O4. The minimum Gasteiger partial charge on any atom is -0.497 e. The maximum absolute atomic E-state index is 11.1. The molecule has 0 heterocycles. The minimum atomic E-state index is -0.174. The van der Waals surface area contributed by atoms with E-state index < -0.39 is 0 Å². The van der Waals surface area contributed by atoms with E-state index in [0.717, 1.165) is 49.0 Å². The third-order valence-corrected chi connectivity index (χ3v) is 3.57. The molecule has 140 valence electrons. The van der Waals surface area contributed by atoms with Crippen molar-refractivity contribution >= 4 is 11.9 Å². The SMILES string of the molecule is CCNC(=NCc1ccc(OC)cc1OC)NCCCCC(=O)OC. The molecule has 7 nitrogen and oxygen atoms in total. The molecule has 0 aliphatic heterocycles. The Morgan fingerprint density at radius 3 is 2.56 bits per heavy atom. The zero-order valence-corrected chi connectivity index (χ0v) is 15.6. The maximum Gasteiger partial charge on any atom is 0.305 e. The van der Waals surface area contributed by atoms with E-state index in [4.69, 9.17) is 9.47 Å². The van der Waals surface area contributed by atoms with E-state index in [1.54, 1.807) is 14.2 Å². The van der Waals surface area contributed by atoms with Gasteiger partial charge in [-0.2, -0.15) is 0 Å². The van der Waals surface area contributed by atoms with Crippen molar-refractivity contribution in [3.8, 4) is 11.5 Å². The van der Waals surface area contributed by atoms with Crippen molar-refractivity contribution < 1.29 is 19.0 Å². The molecule has 0 saturated carbocycles. The van der Waals surface area contributed by atoms with Gasteiger partial charge in [-0.15, -0.1) is 0 Å². The molecule has 0 radical (unpaired) electrons. The molecule has 0 spiro atoms. The number of rotatable bonds is 10. The first kappa shape index (κ1) is 20.6. The van der Waals surface area contributed by atoms with Crippen molar-refractivity contribution in [2.24, 2.45) is 4.99 Å². The summed E-state index contributed by atoms with van der Waals surface area (Å²) in [5.41, 5.74) is 0.978. The first-order chi connectivity index (χ1) is 12.1. The zero-order chi connectivity index (χ0) is 18.5. The van der Waals surface area contributed by atoms with Crippen molar-refractivity contribution in [2.75, 3.05) is 34.4 Å². The Morgan fingerprint density at radius 2 is 1.92 bits per heavy atom. The number of ether oxygens (including phenoxy) is 3. The predicted molar refractivity (Wildman–Crippen MR) is 98.2 cm³/mol. The fraction of sp³-hybridized carbons (Fsp3) is 0.556. The third kappa shape index (κ3) is 7.78. The Balaban J connectivity index is 2.56. The number of guanidine groups is 1. The maximum atomic E-state index is 11.1. The Morgan fingerprint density at radius 1 is 1.12 bits per heavy atom. The highest BCUT2D eigenvalue weighted by atomic mass is 16.5. The highest BCUT2D eigenvalue weighted by molar-refractivity contribution is 5.79. The highest BCUT2D eigenvalue weighted by Gasteiger charge is 2.05. The number of aliphatic imine (C=N–C) groups is 1. The summed E-state index contributed by atoms with van der Waals surface area (Å²) in [6.07, 6.45) is 2.09. The second-order valence-corrected chi connectivity index (χ2v) is 5.33. The largest absolute Gasteiger partial charge is 0.497 e. The molecule has 0 amide bonds. The number of benzene rings is 1. The summed E-state index contributed by atoms with van der Waals surface area (Å²) in [6.45, 7) is 4.02. The van der Waals surface area contributed by atoms with Crippen LogP contribution in [0.5, 0.6) is 11.5 Å². The monoisotopic (exact) mass is 351 g/mol. The molecule has 0 bridgehead atoms. The van der Waals surface area contributed by atoms with Crippen LogP contribution in [0, 0.1) is 0 Å². The molecule has 25 heavy (non-hydrogen) atoms. The average Bonchev–Trinajstić information content (AvgIpc) is 2.65. The molecule has 7 heteroatoms. The van der Waals surface area contributed by atoms with Gasteiger partial charge in [0.05, 0.1) is 27.9 Å². The van der Waals surface area contributed by atoms with Crippen molar-refractivity contribution in [1.82, 2.24) is 10.6 Å². The van der Waals surface area contributed by atoms with Gasteiger partial charge in [0.25, 0.3) is 0 Å². The van der Waals surface area contributed by atoms with Crippen LogP contribution in [0.15, 0.2) is 23.2 Å². The molecule has 0 fully saturated rings. The second-order valence-electron chi connectivity index (χ2n) is 5.33. The van der Waals surface area contributed by atoms with Crippen LogP contribution >= 0.6 is 0 Å². The van der Waals surface area contributed by atoms with Crippen LogP contribution < -0.4 is 20.1 Å². The molecular weight excluding hydrogens is 322 g/mol. The van der Waals surface area contributed by atoms with Crippen molar-refractivity contribution in [2.45, 2.75) is 32.7 Å². The van der Waals surface area contributed by atoms with Crippen LogP contribution in [-0.2, 0) is 16.1 Å². The highest BCUT2D eigenvalue weighted by Crippen LogP contribution is 2.25. The van der Waals surface area contributed by atoms with Gasteiger partial charge in [0.15, 0.2) is 5.96 Å². The van der Waals surface area contributed by atoms with Crippen LogP contribution in [0.2, 0.25) is 0 Å². The molecule has 1 rings (SSSR count). The summed E-state index contributed by atoms with van der Waals surface area (Å²) >= 11 is 0. The molecule has 0 aliphatic carbocycles. The number of methoxy groups -OCH3 is 3. The summed E-state index contributed by atoms with van der Waals surface area (Å²) in [5.74, 6) is 2.06. The summed E-state index contributed by atoms with van der Waals surface area (Å²) in [4.78, 5) is 15.7. The lowest BCUT2D eigenvalue weighted by atomic mass is 10.2. The van der Waals surface area contributed by atoms with Crippen LogP contribution in [0.1, 0.15) is 31.7 Å². The van der Waals surface area contributed by atoms with E-state index >= 15 is 0 Å². The Bertz CT molecular complexity index is 561. The lowest BCUT2D eigenvalue weighted by molar-refractivity contribution is -0.140. The fourth-order valence-electron chi connectivity index (χ4n) is 2.19. The predicted octanol–water partition coefficient (Wildman–Crippen LogP) is 2.10. The summed E-state index contributed by atoms with van der Waals surface area (Å²) in [7, 11) is 4.66. The van der Waals surface area contributed by atoms with Crippen LogP contribution in [0.25, 0.3) is 0 Å². The van der Waals surface area contributed by atoms with Crippen LogP contribution in [-0.4, -0.2) is 46.3 Å². The lowest BCUT2D eigenvalue weighted by Gasteiger charge is -2.12. The fourth-order valence-corrected chi connectivity index (χ4v) is 2.19. The van der Waals surface area contributed by atoms with Gasteiger partial charge in [-0.3, -0.25) is 4.79 Å². The van der Waals surface area contributed by atoms with Gasteiger partial charge in [-0.1, -0.05) is 0 Å². The molecule has 1 aromatic rings. The van der Waals surface area contributed by atoms with Gasteiger partial charge < -0.3 is 24.8 Å². The number of hydrogen-bond donors (Lipinski definition) is 2. The smallest absolute Gasteiger partial charge is 0.305 e. The molecule has 0 aromatic heterocycles. The lowest BCUT2D eigenvalue weighted by Crippen LogP contribution is -2.37. The van der Waals surface area contributed by atoms with E-state index in [2.05, 4.69) is 20.4 Å². The Hall–Kier alpha value is -2.44. The van der Waals surface area contributed by atoms with E-state index in [0.29, 0.717) is 13.0 Å². The average molecular weight is 351 g/mol. The number of carbonyl (C=O) groups excluding carboxylic acids is 1. The first-order valence-corrected chi connectivity index (χ1v) is 8.44. The third-order valence-electron chi connectivity index (χ3n) is 3.57. The number of nitrogens with zero attached hydrogens (tertiary/aromatic N) is 1. The van der Waals surface area contributed by atoms with Crippen molar-refractivity contribution in [3.63, 3.8) is 0 Å². The topological polar surface area (TPSA) is 81.2 Å². The van der Waals surface area contributed by atoms with Crippen molar-refractivity contribution in [1.29, 1.82) is 0 Å². The minimum absolute atomic E-state index is 0.174. The Labute approximate surface area is 149 Å². The second kappa shape index (κ2) is 12.0. The molecule has 0 saturated heterocycles. The van der Waals surface area contributed by atoms with Gasteiger partial charge in [0, 0.05) is 31.1 Å². The first-order valence-electron chi connectivity index (χ1n) is 8.44.